The molecule has 44 heavy (non-hydrogen) atoms. The number of nitriles is 1. The normalized spacial score (nSPS) is 16.5. The van der Waals surface area contributed by atoms with Crippen LogP contribution in [0.5, 0.6) is 0 Å². The van der Waals surface area contributed by atoms with Crippen LogP contribution in [0.1, 0.15) is 46.5 Å². The van der Waals surface area contributed by atoms with E-state index in [9.17, 15) is 18.0 Å². The molecule has 2 N–H and O–H groups in total. The predicted octanol–water partition coefficient (Wildman–Crippen LogP) is 8.04. The van der Waals surface area contributed by atoms with Crippen molar-refractivity contribution in [1.29, 1.82) is 5.26 Å². The molecule has 3 aromatic carbocycles. The topological polar surface area (TPSA) is 93.4 Å². The number of rotatable bonds is 6. The number of carbonyl (C=O) groups is 2. The first-order chi connectivity index (χ1) is 20.9. The van der Waals surface area contributed by atoms with Crippen LogP contribution in [0.15, 0.2) is 66.7 Å². The molecule has 1 heterocycles. The molecule has 1 aromatic heterocycles. The Balaban J connectivity index is 0.000000566. The number of thiophene rings is 1. The molecule has 0 saturated heterocycles. The van der Waals surface area contributed by atoms with Crippen LogP contribution in [0.4, 0.5) is 17.6 Å². The molecule has 1 aliphatic carbocycles. The third-order valence-electron chi connectivity index (χ3n) is 7.51. The van der Waals surface area contributed by atoms with Crippen molar-refractivity contribution in [2.45, 2.75) is 50.5 Å². The molecule has 5 rings (SSSR count). The first-order valence-corrected chi connectivity index (χ1v) is 14.9. The van der Waals surface area contributed by atoms with Crippen LogP contribution in [-0.4, -0.2) is 47.2 Å². The Morgan fingerprint density at radius 3 is 2.23 bits per heavy atom. The number of alkyl halides is 3. The lowest BCUT2D eigenvalue weighted by Crippen LogP contribution is -2.44. The zero-order chi connectivity index (χ0) is 32.0. The van der Waals surface area contributed by atoms with Crippen LogP contribution >= 0.6 is 22.9 Å². The number of carboxylic acid groups (broad SMARTS) is 1. The molecule has 0 bridgehead atoms. The van der Waals surface area contributed by atoms with Gasteiger partial charge in [-0.2, -0.15) is 18.4 Å². The molecule has 1 amide bonds. The molecule has 1 aliphatic rings. The number of hydrogen-bond donors (Lipinski definition) is 2. The molecule has 0 unspecified atom stereocenters. The van der Waals surface area contributed by atoms with Crippen molar-refractivity contribution in [2.75, 3.05) is 7.05 Å². The van der Waals surface area contributed by atoms with Crippen molar-refractivity contribution in [1.82, 2.24) is 10.2 Å². The Hall–Kier alpha value is -3.98. The summed E-state index contributed by atoms with van der Waals surface area (Å²) in [6, 6.07) is 22.5. The van der Waals surface area contributed by atoms with Crippen LogP contribution in [0.2, 0.25) is 5.02 Å². The summed E-state index contributed by atoms with van der Waals surface area (Å²) < 4.78 is 47.8. The SMILES string of the molecule is CNC1CCC(N(Cc2cc(-c3ccc(C#N)cc3)ccc2F)C(=O)c2sc3ccccc3c2Cl)CC1.O=C(O)C(F)(F)F. The molecule has 230 valence electrons. The molecule has 4 aromatic rings. The largest absolute Gasteiger partial charge is 0.490 e. The lowest BCUT2D eigenvalue weighted by molar-refractivity contribution is -0.192. The van der Waals surface area contributed by atoms with E-state index in [1.165, 1.54) is 17.4 Å². The third kappa shape index (κ3) is 7.75. The number of carbonyl (C=O) groups excluding carboxylic acids is 1. The molecule has 1 fully saturated rings. The molecular formula is C32H28ClF4N3O3S. The molecule has 6 nitrogen and oxygen atoms in total. The average molecular weight is 646 g/mol. The number of benzene rings is 3. The zero-order valence-electron chi connectivity index (χ0n) is 23.5. The highest BCUT2D eigenvalue weighted by atomic mass is 35.5. The van der Waals surface area contributed by atoms with Gasteiger partial charge >= 0.3 is 12.1 Å². The molecule has 12 heteroatoms. The fourth-order valence-corrected chi connectivity index (χ4v) is 6.59. The standard InChI is InChI=1S/C30H27ClFN3OS.C2HF3O2/c1-34-23-11-13-24(14-12-23)35(30(36)29-28(31)25-4-2-3-5-27(25)37-29)18-22-16-21(10-15-26(22)32)20-8-6-19(17-33)7-9-20;3-2(4,5)1(6)7/h2-10,15-16,23-24,34H,11-14,18H2,1H3;(H,6,7). The minimum atomic E-state index is -5.08. The van der Waals surface area contributed by atoms with E-state index in [2.05, 4.69) is 11.4 Å². The van der Waals surface area contributed by atoms with Gasteiger partial charge < -0.3 is 15.3 Å². The highest BCUT2D eigenvalue weighted by molar-refractivity contribution is 7.21. The van der Waals surface area contributed by atoms with Crippen molar-refractivity contribution in [3.05, 3.63) is 93.6 Å². The summed E-state index contributed by atoms with van der Waals surface area (Å²) in [6.07, 6.45) is -1.48. The Morgan fingerprint density at radius 1 is 1.05 bits per heavy atom. The molecule has 0 atom stereocenters. The molecule has 0 aliphatic heterocycles. The van der Waals surface area contributed by atoms with Gasteiger partial charge in [-0.25, -0.2) is 9.18 Å². The Bertz CT molecular complexity index is 1680. The molecule has 0 radical (unpaired) electrons. The van der Waals surface area contributed by atoms with Crippen molar-refractivity contribution in [3.8, 4) is 17.2 Å². The maximum Gasteiger partial charge on any atom is 0.490 e. The number of halogens is 5. The average Bonchev–Trinajstić information content (AvgIpc) is 3.36. The van der Waals surface area contributed by atoms with E-state index in [4.69, 9.17) is 26.8 Å². The van der Waals surface area contributed by atoms with Gasteiger partial charge in [-0.15, -0.1) is 11.3 Å². The van der Waals surface area contributed by atoms with Crippen LogP contribution in [-0.2, 0) is 11.3 Å². The number of fused-ring (bicyclic) bond motifs is 1. The van der Waals surface area contributed by atoms with E-state index < -0.39 is 12.1 Å². The summed E-state index contributed by atoms with van der Waals surface area (Å²) in [6.45, 7) is 0.161. The van der Waals surface area contributed by atoms with Gasteiger partial charge in [0.05, 0.1) is 16.7 Å². The van der Waals surface area contributed by atoms with Gasteiger partial charge in [-0.1, -0.05) is 48.0 Å². The Kier molecular flexibility index (Phi) is 10.6. The summed E-state index contributed by atoms with van der Waals surface area (Å²) >= 11 is 8.09. The van der Waals surface area contributed by atoms with E-state index >= 15 is 4.39 Å². The molecule has 1 saturated carbocycles. The second-order valence-electron chi connectivity index (χ2n) is 10.3. The van der Waals surface area contributed by atoms with E-state index in [-0.39, 0.29) is 24.3 Å². The second kappa shape index (κ2) is 14.2. The highest BCUT2D eigenvalue weighted by Crippen LogP contribution is 2.38. The van der Waals surface area contributed by atoms with Crippen molar-refractivity contribution in [3.63, 3.8) is 0 Å². The Morgan fingerprint density at radius 2 is 1.66 bits per heavy atom. The smallest absolute Gasteiger partial charge is 0.475 e. The lowest BCUT2D eigenvalue weighted by Gasteiger charge is -2.37. The van der Waals surface area contributed by atoms with Crippen LogP contribution in [0, 0.1) is 17.1 Å². The van der Waals surface area contributed by atoms with Crippen molar-refractivity contribution < 1.29 is 32.3 Å². The number of amides is 1. The number of hydrogen-bond acceptors (Lipinski definition) is 5. The van der Waals surface area contributed by atoms with E-state index in [1.54, 1.807) is 18.2 Å². The summed E-state index contributed by atoms with van der Waals surface area (Å²) in [5.74, 6) is -3.25. The van der Waals surface area contributed by atoms with Crippen LogP contribution in [0.25, 0.3) is 21.2 Å². The van der Waals surface area contributed by atoms with E-state index in [1.807, 2.05) is 54.4 Å². The minimum absolute atomic E-state index is 0.00338. The fraction of sp³-hybridized carbons (Fsp3) is 0.281. The second-order valence-corrected chi connectivity index (χ2v) is 11.7. The summed E-state index contributed by atoms with van der Waals surface area (Å²) in [5, 5.41) is 20.9. The van der Waals surface area contributed by atoms with Gasteiger partial charge in [0.25, 0.3) is 5.91 Å². The number of nitrogens with one attached hydrogen (secondary N) is 1. The minimum Gasteiger partial charge on any atom is -0.475 e. The third-order valence-corrected chi connectivity index (χ3v) is 9.18. The maximum atomic E-state index is 15.1. The predicted molar refractivity (Wildman–Crippen MR) is 162 cm³/mol. The molecule has 0 spiro atoms. The van der Waals surface area contributed by atoms with Crippen molar-refractivity contribution in [2.24, 2.45) is 0 Å². The van der Waals surface area contributed by atoms with Crippen LogP contribution in [0.3, 0.4) is 0 Å². The van der Waals surface area contributed by atoms with Gasteiger partial charge in [0, 0.05) is 34.3 Å². The first-order valence-electron chi connectivity index (χ1n) is 13.7. The quantitative estimate of drug-likeness (QED) is 0.207. The maximum absolute atomic E-state index is 15.1. The van der Waals surface area contributed by atoms with Gasteiger partial charge in [-0.3, -0.25) is 4.79 Å². The van der Waals surface area contributed by atoms with Gasteiger partial charge in [-0.05, 0) is 74.2 Å². The van der Waals surface area contributed by atoms with Crippen molar-refractivity contribution >= 4 is 44.9 Å². The lowest BCUT2D eigenvalue weighted by atomic mass is 9.89. The Labute approximate surface area is 260 Å². The van der Waals surface area contributed by atoms with Gasteiger partial charge in [0.1, 0.15) is 10.7 Å². The van der Waals surface area contributed by atoms with E-state index in [0.717, 1.165) is 46.9 Å². The van der Waals surface area contributed by atoms with Crippen LogP contribution < -0.4 is 5.32 Å². The summed E-state index contributed by atoms with van der Waals surface area (Å²) in [4.78, 5) is 25.2. The summed E-state index contributed by atoms with van der Waals surface area (Å²) in [7, 11) is 1.97. The summed E-state index contributed by atoms with van der Waals surface area (Å²) in [5.41, 5.74) is 2.76. The number of carboxylic acids is 1. The zero-order valence-corrected chi connectivity index (χ0v) is 25.1. The molecular weight excluding hydrogens is 618 g/mol. The number of aliphatic carboxylic acids is 1. The number of nitrogens with zero attached hydrogens (tertiary/aromatic N) is 2. The monoisotopic (exact) mass is 645 g/mol. The fourth-order valence-electron chi connectivity index (χ4n) is 5.12. The van der Waals surface area contributed by atoms with E-state index in [0.29, 0.717) is 27.1 Å². The first kappa shape index (κ1) is 32.9. The van der Waals surface area contributed by atoms with Gasteiger partial charge in [0.2, 0.25) is 0 Å². The highest BCUT2D eigenvalue weighted by Gasteiger charge is 2.38. The van der Waals surface area contributed by atoms with Gasteiger partial charge in [0.15, 0.2) is 0 Å².